The molecule has 0 spiro atoms. The van der Waals surface area contributed by atoms with Crippen LogP contribution in [0.4, 0.5) is 0 Å². The zero-order valence-electron chi connectivity index (χ0n) is 13.1. The van der Waals surface area contributed by atoms with E-state index >= 15 is 0 Å². The van der Waals surface area contributed by atoms with Crippen molar-refractivity contribution in [3.63, 3.8) is 0 Å². The maximum absolute atomic E-state index is 11.5. The molecule has 0 bridgehead atoms. The molecule has 6 nitrogen and oxygen atoms in total. The molecule has 0 aromatic heterocycles. The summed E-state index contributed by atoms with van der Waals surface area (Å²) in [4.78, 5) is -0.572. The summed E-state index contributed by atoms with van der Waals surface area (Å²) in [6.07, 6.45) is 2.76. The quantitative estimate of drug-likeness (QED) is 0.746. The molecule has 0 aliphatic heterocycles. The monoisotopic (exact) mass is 380 g/mol. The summed E-state index contributed by atoms with van der Waals surface area (Å²) in [6, 6.07) is 8.70. The molecule has 0 radical (unpaired) electrons. The van der Waals surface area contributed by atoms with Crippen LogP contribution in [0.5, 0.6) is 0 Å². The predicted octanol–water partition coefficient (Wildman–Crippen LogP) is 3.06. The predicted molar refractivity (Wildman–Crippen MR) is 95.5 cm³/mol. The van der Waals surface area contributed by atoms with E-state index in [4.69, 9.17) is 0 Å². The molecule has 0 saturated carbocycles. The minimum Gasteiger partial charge on any atom is -0.282 e. The maximum atomic E-state index is 11.5. The van der Waals surface area contributed by atoms with Crippen molar-refractivity contribution in [2.75, 3.05) is 0 Å². The molecule has 2 aromatic carbocycles. The molecular weight excluding hydrogens is 364 g/mol. The largest absolute Gasteiger partial charge is 0.295 e. The topological polar surface area (TPSA) is 109 Å². The van der Waals surface area contributed by atoms with Gasteiger partial charge >= 0.3 is 0 Å². The molecule has 0 heterocycles. The van der Waals surface area contributed by atoms with E-state index in [1.54, 1.807) is 12.1 Å². The van der Waals surface area contributed by atoms with E-state index in [1.165, 1.54) is 36.4 Å². The molecule has 2 N–H and O–H groups in total. The van der Waals surface area contributed by atoms with Crippen LogP contribution in [0.15, 0.2) is 59.3 Å². The first-order chi connectivity index (χ1) is 11.6. The lowest BCUT2D eigenvalue weighted by atomic mass is 9.96. The standard InChI is InChI=1S/C17H16O6S2/c1-3-14-12(7-5-9-16(14)24(18,19)20)11-13-8-6-10-17(15(13)4-2)25(21,22)23/h3-10H,1-2,11H2,(H,18,19,20)(H,21,22,23). The van der Waals surface area contributed by atoms with Gasteiger partial charge in [-0.1, -0.05) is 49.6 Å². The van der Waals surface area contributed by atoms with Gasteiger partial charge in [-0.3, -0.25) is 9.11 Å². The van der Waals surface area contributed by atoms with Gasteiger partial charge in [-0.05, 0) is 40.8 Å². The van der Waals surface area contributed by atoms with Crippen LogP contribution in [0.2, 0.25) is 0 Å². The summed E-state index contributed by atoms with van der Waals surface area (Å²) < 4.78 is 64.7. The molecular formula is C17H16O6S2. The van der Waals surface area contributed by atoms with Crippen molar-refractivity contribution in [1.82, 2.24) is 0 Å². The highest BCUT2D eigenvalue weighted by Gasteiger charge is 2.19. The van der Waals surface area contributed by atoms with E-state index in [1.807, 2.05) is 0 Å². The van der Waals surface area contributed by atoms with Crippen molar-refractivity contribution in [1.29, 1.82) is 0 Å². The molecule has 0 atom stereocenters. The molecule has 25 heavy (non-hydrogen) atoms. The van der Waals surface area contributed by atoms with Crippen molar-refractivity contribution in [3.8, 4) is 0 Å². The summed E-state index contributed by atoms with van der Waals surface area (Å²) in [5.74, 6) is 0. The van der Waals surface area contributed by atoms with Gasteiger partial charge in [0, 0.05) is 0 Å². The second-order valence-corrected chi connectivity index (χ2v) is 7.97. The van der Waals surface area contributed by atoms with Crippen LogP contribution in [-0.4, -0.2) is 25.9 Å². The second-order valence-electron chi connectivity index (χ2n) is 5.19. The Morgan fingerprint density at radius 3 is 1.40 bits per heavy atom. The van der Waals surface area contributed by atoms with E-state index in [0.29, 0.717) is 11.1 Å². The van der Waals surface area contributed by atoms with Crippen LogP contribution in [-0.2, 0) is 26.7 Å². The molecule has 0 amide bonds. The van der Waals surface area contributed by atoms with Gasteiger partial charge in [0.05, 0.1) is 0 Å². The van der Waals surface area contributed by atoms with Crippen LogP contribution in [0.25, 0.3) is 12.2 Å². The van der Waals surface area contributed by atoms with Crippen molar-refractivity contribution in [3.05, 3.63) is 71.8 Å². The Morgan fingerprint density at radius 2 is 1.12 bits per heavy atom. The fourth-order valence-electron chi connectivity index (χ4n) is 2.61. The van der Waals surface area contributed by atoms with Crippen LogP contribution in [0.3, 0.4) is 0 Å². The fraction of sp³-hybridized carbons (Fsp3) is 0.0588. The van der Waals surface area contributed by atoms with Gasteiger partial charge in [-0.25, -0.2) is 0 Å². The molecule has 0 aliphatic rings. The Kier molecular flexibility index (Phi) is 5.28. The van der Waals surface area contributed by atoms with Crippen LogP contribution in [0.1, 0.15) is 22.3 Å². The van der Waals surface area contributed by atoms with E-state index in [9.17, 15) is 25.9 Å². The summed E-state index contributed by atoms with van der Waals surface area (Å²) in [7, 11) is -8.87. The minimum absolute atomic E-state index is 0.148. The summed E-state index contributed by atoms with van der Waals surface area (Å²) in [6.45, 7) is 7.15. The number of hydrogen-bond acceptors (Lipinski definition) is 4. The van der Waals surface area contributed by atoms with Gasteiger partial charge in [0.2, 0.25) is 0 Å². The van der Waals surface area contributed by atoms with Crippen LogP contribution >= 0.6 is 0 Å². The smallest absolute Gasteiger partial charge is 0.282 e. The average Bonchev–Trinajstić information content (AvgIpc) is 2.52. The first kappa shape index (κ1) is 19.1. The maximum Gasteiger partial charge on any atom is 0.295 e. The fourth-order valence-corrected chi connectivity index (χ4v) is 4.09. The molecule has 2 aromatic rings. The minimum atomic E-state index is -4.43. The zero-order chi connectivity index (χ0) is 18.8. The Labute approximate surface area is 146 Å². The van der Waals surface area contributed by atoms with Crippen molar-refractivity contribution < 1.29 is 25.9 Å². The summed E-state index contributed by atoms with van der Waals surface area (Å²) in [5, 5.41) is 0. The van der Waals surface area contributed by atoms with Crippen molar-refractivity contribution in [2.45, 2.75) is 16.2 Å². The first-order valence-electron chi connectivity index (χ1n) is 7.03. The highest BCUT2D eigenvalue weighted by Crippen LogP contribution is 2.27. The summed E-state index contributed by atoms with van der Waals surface area (Å²) >= 11 is 0. The Bertz CT molecular complexity index is 965. The third-order valence-corrected chi connectivity index (χ3v) is 5.48. The lowest BCUT2D eigenvalue weighted by Gasteiger charge is -2.13. The van der Waals surface area contributed by atoms with Gasteiger partial charge < -0.3 is 0 Å². The molecule has 0 unspecified atom stereocenters. The average molecular weight is 380 g/mol. The molecule has 8 heteroatoms. The van der Waals surface area contributed by atoms with Crippen molar-refractivity contribution in [2.24, 2.45) is 0 Å². The van der Waals surface area contributed by atoms with Gasteiger partial charge in [0.15, 0.2) is 0 Å². The first-order valence-corrected chi connectivity index (χ1v) is 9.91. The Hall–Kier alpha value is -2.26. The van der Waals surface area contributed by atoms with E-state index in [-0.39, 0.29) is 27.3 Å². The SMILES string of the molecule is C=Cc1c(Cc2cccc(S(=O)(=O)O)c2C=C)cccc1S(=O)(=O)O. The Balaban J connectivity index is 2.67. The van der Waals surface area contributed by atoms with E-state index in [2.05, 4.69) is 13.2 Å². The van der Waals surface area contributed by atoms with Crippen LogP contribution < -0.4 is 0 Å². The normalized spacial score (nSPS) is 11.9. The molecule has 0 saturated heterocycles. The third kappa shape index (κ3) is 4.05. The zero-order valence-corrected chi connectivity index (χ0v) is 14.7. The molecule has 0 fully saturated rings. The van der Waals surface area contributed by atoms with Gasteiger partial charge in [-0.2, -0.15) is 16.8 Å². The van der Waals surface area contributed by atoms with Crippen LogP contribution in [0, 0.1) is 0 Å². The summed E-state index contributed by atoms with van der Waals surface area (Å²) in [5.41, 5.74) is 1.47. The molecule has 132 valence electrons. The lowest BCUT2D eigenvalue weighted by molar-refractivity contribution is 0.480. The highest BCUT2D eigenvalue weighted by molar-refractivity contribution is 7.86. The van der Waals surface area contributed by atoms with Gasteiger partial charge in [0.25, 0.3) is 20.2 Å². The second kappa shape index (κ2) is 6.93. The van der Waals surface area contributed by atoms with E-state index in [0.717, 1.165) is 0 Å². The van der Waals surface area contributed by atoms with Crippen molar-refractivity contribution >= 4 is 32.4 Å². The highest BCUT2D eigenvalue weighted by atomic mass is 32.2. The van der Waals surface area contributed by atoms with Gasteiger partial charge in [0.1, 0.15) is 9.79 Å². The number of rotatable bonds is 6. The lowest BCUT2D eigenvalue weighted by Crippen LogP contribution is -2.06. The Morgan fingerprint density at radius 1 is 0.760 bits per heavy atom. The van der Waals surface area contributed by atoms with E-state index < -0.39 is 20.2 Å². The molecule has 2 rings (SSSR count). The number of benzene rings is 2. The number of hydrogen-bond donors (Lipinski definition) is 2. The van der Waals surface area contributed by atoms with Gasteiger partial charge in [-0.15, -0.1) is 0 Å². The third-order valence-electron chi connectivity index (χ3n) is 3.66. The molecule has 0 aliphatic carbocycles.